The van der Waals surface area contributed by atoms with Gasteiger partial charge in [-0.1, -0.05) is 146 Å². The van der Waals surface area contributed by atoms with Crippen LogP contribution < -0.4 is 0 Å². The van der Waals surface area contributed by atoms with Crippen molar-refractivity contribution in [2.75, 3.05) is 0 Å². The highest BCUT2D eigenvalue weighted by Gasteiger charge is 1.95. The summed E-state index contributed by atoms with van der Waals surface area (Å²) >= 11 is 0. The van der Waals surface area contributed by atoms with Crippen LogP contribution in [0.15, 0.2) is 158 Å². The van der Waals surface area contributed by atoms with E-state index in [-0.39, 0.29) is 0 Å². The topological polar surface area (TPSA) is 0 Å². The summed E-state index contributed by atoms with van der Waals surface area (Å²) in [5.41, 5.74) is 8.72. The van der Waals surface area contributed by atoms with Crippen LogP contribution in [-0.2, 0) is 6.42 Å². The van der Waals surface area contributed by atoms with Crippen molar-refractivity contribution in [3.05, 3.63) is 175 Å². The lowest BCUT2D eigenvalue weighted by atomic mass is 10.0. The van der Waals surface area contributed by atoms with E-state index in [1.165, 1.54) is 27.8 Å². The van der Waals surface area contributed by atoms with E-state index in [0.29, 0.717) is 0 Å². The van der Waals surface area contributed by atoms with Crippen LogP contribution in [0.1, 0.15) is 57.2 Å². The first-order valence-electron chi connectivity index (χ1n) is 13.2. The Hall–Kier alpha value is -3.90. The first kappa shape index (κ1) is 34.1. The number of hydrogen-bond donors (Lipinski definition) is 0. The van der Waals surface area contributed by atoms with Gasteiger partial charge in [-0.2, -0.15) is 0 Å². The third-order valence-electron chi connectivity index (χ3n) is 5.24. The maximum Gasteiger partial charge on any atom is -0.00758 e. The molecule has 0 aliphatic heterocycles. The molecule has 0 radical (unpaired) electrons. The van der Waals surface area contributed by atoms with Crippen molar-refractivity contribution in [1.29, 1.82) is 0 Å². The van der Waals surface area contributed by atoms with Crippen LogP contribution in [0.4, 0.5) is 0 Å². The van der Waals surface area contributed by atoms with Gasteiger partial charge in [0.1, 0.15) is 0 Å². The quantitative estimate of drug-likeness (QED) is 0.211. The van der Waals surface area contributed by atoms with E-state index >= 15 is 0 Å². The molecule has 0 fully saturated rings. The number of benzene rings is 2. The van der Waals surface area contributed by atoms with Gasteiger partial charge >= 0.3 is 0 Å². The molecule has 0 aliphatic rings. The number of allylic oxidation sites excluding steroid dienone is 13. The zero-order valence-electron chi connectivity index (χ0n) is 24.4. The van der Waals surface area contributed by atoms with Crippen LogP contribution in [0, 0.1) is 6.92 Å². The maximum absolute atomic E-state index is 3.98. The summed E-state index contributed by atoms with van der Waals surface area (Å²) in [6, 6.07) is 19.1. The van der Waals surface area contributed by atoms with Gasteiger partial charge in [0, 0.05) is 0 Å². The highest BCUT2D eigenvalue weighted by molar-refractivity contribution is 5.56. The minimum atomic E-state index is 0.888. The van der Waals surface area contributed by atoms with E-state index in [2.05, 4.69) is 113 Å². The monoisotopic (exact) mass is 504 g/mol. The largest absolute Gasteiger partial charge is 0.103 e. The van der Waals surface area contributed by atoms with E-state index in [0.717, 1.165) is 30.4 Å². The first-order chi connectivity index (χ1) is 18.3. The Bertz CT molecular complexity index is 1130. The molecule has 0 nitrogen and oxygen atoms in total. The number of aryl methyl sites for hydroxylation is 1. The van der Waals surface area contributed by atoms with E-state index < -0.39 is 0 Å². The summed E-state index contributed by atoms with van der Waals surface area (Å²) < 4.78 is 0. The van der Waals surface area contributed by atoms with Gasteiger partial charge in [0.2, 0.25) is 0 Å². The van der Waals surface area contributed by atoms with Crippen molar-refractivity contribution < 1.29 is 0 Å². The van der Waals surface area contributed by atoms with E-state index in [1.807, 2.05) is 57.2 Å². The van der Waals surface area contributed by atoms with Crippen LogP contribution in [0.5, 0.6) is 0 Å². The summed E-state index contributed by atoms with van der Waals surface area (Å²) in [5, 5.41) is 0. The van der Waals surface area contributed by atoms with Crippen molar-refractivity contribution in [1.82, 2.24) is 0 Å². The van der Waals surface area contributed by atoms with Gasteiger partial charge < -0.3 is 0 Å². The fourth-order valence-corrected chi connectivity index (χ4v) is 3.29. The van der Waals surface area contributed by atoms with E-state index in [4.69, 9.17) is 0 Å². The Morgan fingerprint density at radius 2 is 1.55 bits per heavy atom. The van der Waals surface area contributed by atoms with Gasteiger partial charge in [-0.05, 0) is 81.7 Å². The molecule has 0 spiro atoms. The molecule has 0 amide bonds. The Morgan fingerprint density at radius 3 is 2.08 bits per heavy atom. The van der Waals surface area contributed by atoms with Crippen LogP contribution in [-0.4, -0.2) is 0 Å². The molecule has 0 aliphatic carbocycles. The van der Waals surface area contributed by atoms with Gasteiger partial charge in [0.25, 0.3) is 0 Å². The molecule has 38 heavy (non-hydrogen) atoms. The summed E-state index contributed by atoms with van der Waals surface area (Å²) in [5.74, 6) is 0. The first-order valence-corrected chi connectivity index (χ1v) is 13.2. The lowest BCUT2D eigenvalue weighted by Gasteiger charge is -2.03. The molecule has 0 heteroatoms. The molecule has 0 saturated carbocycles. The molecule has 0 aromatic heterocycles. The predicted octanol–water partition coefficient (Wildman–Crippen LogP) is 11.5. The van der Waals surface area contributed by atoms with Gasteiger partial charge in [-0.15, -0.1) is 6.58 Å². The second-order valence-electron chi connectivity index (χ2n) is 9.09. The molecule has 2 aromatic carbocycles. The fraction of sp³-hybridized carbons (Fsp3) is 0.211. The number of rotatable bonds is 11. The summed E-state index contributed by atoms with van der Waals surface area (Å²) in [7, 11) is 0. The van der Waals surface area contributed by atoms with E-state index in [1.54, 1.807) is 6.08 Å². The Labute approximate surface area is 234 Å². The lowest BCUT2D eigenvalue weighted by Crippen LogP contribution is -1.84. The molecule has 0 bridgehead atoms. The van der Waals surface area contributed by atoms with Crippen molar-refractivity contribution >= 4 is 6.08 Å². The third kappa shape index (κ3) is 18.4. The highest BCUT2D eigenvalue weighted by atomic mass is 14.0. The molecule has 2 rings (SSSR count). The van der Waals surface area contributed by atoms with Crippen LogP contribution in [0.3, 0.4) is 0 Å². The van der Waals surface area contributed by atoms with Gasteiger partial charge in [-0.3, -0.25) is 0 Å². The third-order valence-corrected chi connectivity index (χ3v) is 5.24. The average molecular weight is 505 g/mol. The number of hydrogen-bond acceptors (Lipinski definition) is 0. The molecule has 2 aromatic rings. The zero-order chi connectivity index (χ0) is 28.6. The fourth-order valence-electron chi connectivity index (χ4n) is 3.29. The molecular formula is C38H48. The van der Waals surface area contributed by atoms with E-state index in [9.17, 15) is 0 Å². The Balaban J connectivity index is 0.000000680. The average Bonchev–Trinajstić information content (AvgIpc) is 2.89. The molecular weight excluding hydrogens is 456 g/mol. The normalized spacial score (nSPS) is 11.5. The molecule has 0 N–H and O–H groups in total. The van der Waals surface area contributed by atoms with Gasteiger partial charge in [0.05, 0.1) is 0 Å². The lowest BCUT2D eigenvalue weighted by molar-refractivity contribution is 1.13. The van der Waals surface area contributed by atoms with Crippen molar-refractivity contribution in [2.45, 2.75) is 53.9 Å². The second-order valence-corrected chi connectivity index (χ2v) is 9.09. The van der Waals surface area contributed by atoms with Crippen molar-refractivity contribution in [2.24, 2.45) is 0 Å². The molecule has 0 atom stereocenters. The van der Waals surface area contributed by atoms with Gasteiger partial charge in [-0.25, -0.2) is 0 Å². The zero-order valence-corrected chi connectivity index (χ0v) is 24.4. The van der Waals surface area contributed by atoms with Crippen LogP contribution >= 0.6 is 0 Å². The molecule has 0 heterocycles. The molecule has 0 unspecified atom stereocenters. The predicted molar refractivity (Wildman–Crippen MR) is 175 cm³/mol. The molecule has 0 saturated heterocycles. The summed E-state index contributed by atoms with van der Waals surface area (Å²) in [6.07, 6.45) is 23.0. The summed E-state index contributed by atoms with van der Waals surface area (Å²) in [4.78, 5) is 0. The minimum absolute atomic E-state index is 0.888. The summed E-state index contributed by atoms with van der Waals surface area (Å²) in [6.45, 7) is 25.3. The standard InChI is InChI=1S/C21H22.C12H18.C5H8/c1-3-9-19(17-21-11-5-4-6-12-21)14-8-15-20-13-7-10-18(2)16-20;1-6-7-8-11(4)12(5)9-10(2)3;1-3-5-4-2/h3-8,10-14,16-17H,1,9,15H2,2H3;6-8H,2,5,9H2,1,3-4H3;3-5H,1H2,2H3/b14-8-,19-17-;7-6-,11-8+;5-4-. The smallest absolute Gasteiger partial charge is 0.00758 e. The Kier molecular flexibility index (Phi) is 20.0. The van der Waals surface area contributed by atoms with Crippen LogP contribution in [0.2, 0.25) is 0 Å². The second kappa shape index (κ2) is 22.3. The SMILES string of the molecule is C=C(C)CC(=C)/C(C)=C/C=C\C.C=C/C=C\C.C=CCC(/C=C\Cc1cccc(C)c1)=C/c1ccccc1. The van der Waals surface area contributed by atoms with Crippen molar-refractivity contribution in [3.63, 3.8) is 0 Å². The van der Waals surface area contributed by atoms with Crippen LogP contribution in [0.25, 0.3) is 6.08 Å². The van der Waals surface area contributed by atoms with Gasteiger partial charge in [0.15, 0.2) is 0 Å². The Morgan fingerprint density at radius 1 is 0.868 bits per heavy atom. The highest BCUT2D eigenvalue weighted by Crippen LogP contribution is 2.15. The minimum Gasteiger partial charge on any atom is -0.103 e. The maximum atomic E-state index is 3.98. The molecule has 200 valence electrons. The van der Waals surface area contributed by atoms with Crippen molar-refractivity contribution in [3.8, 4) is 0 Å².